The number of benzene rings is 1. The van der Waals surface area contributed by atoms with E-state index < -0.39 is 0 Å². The van der Waals surface area contributed by atoms with Gasteiger partial charge in [0.15, 0.2) is 0 Å². The van der Waals surface area contributed by atoms with Crippen molar-refractivity contribution in [1.82, 2.24) is 4.98 Å². The van der Waals surface area contributed by atoms with Crippen molar-refractivity contribution in [1.29, 1.82) is 0 Å². The zero-order valence-corrected chi connectivity index (χ0v) is 14.4. The molecule has 1 aromatic heterocycles. The van der Waals surface area contributed by atoms with Crippen LogP contribution < -0.4 is 0 Å². The van der Waals surface area contributed by atoms with E-state index in [2.05, 4.69) is 69.9 Å². The lowest BCUT2D eigenvalue weighted by molar-refractivity contribution is 0.829. The Balaban J connectivity index is 2.25. The van der Waals surface area contributed by atoms with Crippen LogP contribution in [0, 0.1) is 0 Å². The Labute approximate surface area is 135 Å². The Bertz CT molecular complexity index is 610. The quantitative estimate of drug-likeness (QED) is 0.661. The van der Waals surface area contributed by atoms with Crippen molar-refractivity contribution in [2.45, 2.75) is 52.9 Å². The molecule has 0 amide bonds. The second-order valence-corrected chi connectivity index (χ2v) is 6.62. The molecule has 116 valence electrons. The minimum absolute atomic E-state index is 0.568. The van der Waals surface area contributed by atoms with Crippen molar-refractivity contribution >= 4 is 5.57 Å². The van der Waals surface area contributed by atoms with Crippen LogP contribution in [0.2, 0.25) is 0 Å². The van der Waals surface area contributed by atoms with Gasteiger partial charge in [-0.05, 0) is 59.6 Å². The van der Waals surface area contributed by atoms with Crippen molar-refractivity contribution in [2.24, 2.45) is 0 Å². The molecule has 0 aliphatic rings. The third-order valence-electron chi connectivity index (χ3n) is 4.08. The number of allylic oxidation sites excluding steroid dienone is 2. The summed E-state index contributed by atoms with van der Waals surface area (Å²) in [4.78, 5) is 4.41. The highest BCUT2D eigenvalue weighted by Crippen LogP contribution is 2.24. The molecule has 0 N–H and O–H groups in total. The third-order valence-corrected chi connectivity index (χ3v) is 4.08. The van der Waals surface area contributed by atoms with E-state index in [0.29, 0.717) is 11.8 Å². The topological polar surface area (TPSA) is 12.9 Å². The van der Waals surface area contributed by atoms with Gasteiger partial charge in [-0.2, -0.15) is 0 Å². The minimum atomic E-state index is 0.568. The fourth-order valence-corrected chi connectivity index (χ4v) is 2.50. The number of nitrogens with zero attached hydrogens (tertiary/aromatic N) is 1. The summed E-state index contributed by atoms with van der Waals surface area (Å²) in [5.41, 5.74) is 6.56. The maximum absolute atomic E-state index is 4.41. The first kappa shape index (κ1) is 16.5. The first-order chi connectivity index (χ1) is 10.5. The van der Waals surface area contributed by atoms with Crippen LogP contribution in [0.5, 0.6) is 0 Å². The van der Waals surface area contributed by atoms with E-state index in [4.69, 9.17) is 0 Å². The minimum Gasteiger partial charge on any atom is -0.257 e. The lowest BCUT2D eigenvalue weighted by Gasteiger charge is -2.14. The highest BCUT2D eigenvalue weighted by atomic mass is 14.7. The number of hydrogen-bond donors (Lipinski definition) is 0. The van der Waals surface area contributed by atoms with Crippen LogP contribution in [0.15, 0.2) is 48.7 Å². The van der Waals surface area contributed by atoms with E-state index in [0.717, 1.165) is 12.1 Å². The molecule has 2 rings (SSSR count). The number of rotatable bonds is 5. The Kier molecular flexibility index (Phi) is 5.54. The molecule has 1 heteroatoms. The molecule has 0 saturated carbocycles. The lowest BCUT2D eigenvalue weighted by Crippen LogP contribution is -1.97. The third kappa shape index (κ3) is 4.30. The zero-order valence-electron chi connectivity index (χ0n) is 14.4. The first-order valence-corrected chi connectivity index (χ1v) is 8.19. The molecule has 0 radical (unpaired) electrons. The van der Waals surface area contributed by atoms with Gasteiger partial charge in [0, 0.05) is 6.20 Å². The van der Waals surface area contributed by atoms with Crippen molar-refractivity contribution < 1.29 is 0 Å². The van der Waals surface area contributed by atoms with Crippen molar-refractivity contribution in [2.75, 3.05) is 0 Å². The molecule has 0 fully saturated rings. The summed E-state index contributed by atoms with van der Waals surface area (Å²) in [5.74, 6) is 1.14. The predicted molar refractivity (Wildman–Crippen MR) is 96.2 cm³/mol. The molecular weight excluding hydrogens is 266 g/mol. The van der Waals surface area contributed by atoms with Gasteiger partial charge in [0.1, 0.15) is 0 Å². The van der Waals surface area contributed by atoms with E-state index in [-0.39, 0.29) is 0 Å². The van der Waals surface area contributed by atoms with Crippen LogP contribution in [0.3, 0.4) is 0 Å². The maximum atomic E-state index is 4.41. The molecule has 0 saturated heterocycles. The van der Waals surface area contributed by atoms with Gasteiger partial charge in [-0.15, -0.1) is 0 Å². The predicted octanol–water partition coefficient (Wildman–Crippen LogP) is 5.97. The van der Waals surface area contributed by atoms with Gasteiger partial charge in [0.25, 0.3) is 0 Å². The average Bonchev–Trinajstić information content (AvgIpc) is 2.53. The summed E-state index contributed by atoms with van der Waals surface area (Å²) >= 11 is 0. The summed E-state index contributed by atoms with van der Waals surface area (Å²) in [6, 6.07) is 13.1. The highest BCUT2D eigenvalue weighted by Gasteiger charge is 2.07. The van der Waals surface area contributed by atoms with Gasteiger partial charge in [0.2, 0.25) is 0 Å². The Hall–Kier alpha value is -1.89. The van der Waals surface area contributed by atoms with Gasteiger partial charge in [-0.1, -0.05) is 58.0 Å². The van der Waals surface area contributed by atoms with Crippen LogP contribution in [0.4, 0.5) is 0 Å². The molecule has 1 heterocycles. The number of aromatic nitrogens is 1. The van der Waals surface area contributed by atoms with Gasteiger partial charge < -0.3 is 0 Å². The van der Waals surface area contributed by atoms with Crippen LogP contribution in [-0.4, -0.2) is 4.98 Å². The monoisotopic (exact) mass is 293 g/mol. The van der Waals surface area contributed by atoms with Crippen molar-refractivity contribution in [3.63, 3.8) is 0 Å². The average molecular weight is 293 g/mol. The molecule has 0 bridgehead atoms. The largest absolute Gasteiger partial charge is 0.257 e. The van der Waals surface area contributed by atoms with E-state index in [9.17, 15) is 0 Å². The zero-order chi connectivity index (χ0) is 16.1. The molecule has 2 aromatic rings. The molecular formula is C21H27N. The molecule has 1 nitrogen and oxygen atoms in total. The second kappa shape index (κ2) is 7.40. The van der Waals surface area contributed by atoms with Crippen LogP contribution in [-0.2, 0) is 6.42 Å². The first-order valence-electron chi connectivity index (χ1n) is 8.19. The van der Waals surface area contributed by atoms with Crippen molar-refractivity contribution in [3.8, 4) is 0 Å². The molecule has 0 unspecified atom stereocenters. The fourth-order valence-electron chi connectivity index (χ4n) is 2.50. The lowest BCUT2D eigenvalue weighted by atomic mass is 9.92. The molecule has 1 aromatic carbocycles. The maximum Gasteiger partial charge on any atom is 0.0655 e. The van der Waals surface area contributed by atoms with Gasteiger partial charge >= 0.3 is 0 Å². The van der Waals surface area contributed by atoms with Crippen LogP contribution in [0.1, 0.15) is 68.8 Å². The molecule has 0 atom stereocenters. The second-order valence-electron chi connectivity index (χ2n) is 6.62. The van der Waals surface area contributed by atoms with Crippen molar-refractivity contribution in [3.05, 3.63) is 71.1 Å². The van der Waals surface area contributed by atoms with Gasteiger partial charge in [0.05, 0.1) is 5.69 Å². The molecule has 0 spiro atoms. The summed E-state index contributed by atoms with van der Waals surface area (Å²) in [7, 11) is 0. The summed E-state index contributed by atoms with van der Waals surface area (Å²) in [6.07, 6.45) is 5.09. The van der Waals surface area contributed by atoms with Crippen LogP contribution in [0.25, 0.3) is 5.57 Å². The normalized spacial score (nSPS) is 12.2. The molecule has 0 aliphatic heterocycles. The summed E-state index contributed by atoms with van der Waals surface area (Å²) in [5, 5.41) is 0. The highest BCUT2D eigenvalue weighted by molar-refractivity contribution is 5.60. The SMILES string of the molecule is C/C(=C\Cc1cc(C(C)C)cc(C(C)C)c1)c1ccccn1. The van der Waals surface area contributed by atoms with E-state index in [1.54, 1.807) is 0 Å². The fraction of sp³-hybridized carbons (Fsp3) is 0.381. The summed E-state index contributed by atoms with van der Waals surface area (Å²) in [6.45, 7) is 11.2. The van der Waals surface area contributed by atoms with E-state index in [1.165, 1.54) is 22.3 Å². The number of hydrogen-bond acceptors (Lipinski definition) is 1. The molecule has 0 aliphatic carbocycles. The number of pyridine rings is 1. The van der Waals surface area contributed by atoms with Crippen LogP contribution >= 0.6 is 0 Å². The van der Waals surface area contributed by atoms with E-state index in [1.807, 2.05) is 18.3 Å². The summed E-state index contributed by atoms with van der Waals surface area (Å²) < 4.78 is 0. The Morgan fingerprint density at radius 2 is 1.64 bits per heavy atom. The standard InChI is InChI=1S/C21H27N/c1-15(2)19-12-18(13-20(14-19)16(3)4)10-9-17(5)21-8-6-7-11-22-21/h6-9,11-16H,10H2,1-5H3/b17-9+. The molecule has 22 heavy (non-hydrogen) atoms. The Morgan fingerprint density at radius 3 is 2.14 bits per heavy atom. The van der Waals surface area contributed by atoms with Gasteiger partial charge in [-0.3, -0.25) is 4.98 Å². The van der Waals surface area contributed by atoms with Gasteiger partial charge in [-0.25, -0.2) is 0 Å². The van der Waals surface area contributed by atoms with E-state index >= 15 is 0 Å². The Morgan fingerprint density at radius 1 is 1.00 bits per heavy atom. The smallest absolute Gasteiger partial charge is 0.0655 e.